The van der Waals surface area contributed by atoms with Gasteiger partial charge < -0.3 is 10.6 Å². The van der Waals surface area contributed by atoms with Crippen LogP contribution in [0.2, 0.25) is 0 Å². The Morgan fingerprint density at radius 2 is 1.65 bits per heavy atom. The van der Waals surface area contributed by atoms with Crippen molar-refractivity contribution in [2.75, 3.05) is 11.9 Å². The van der Waals surface area contributed by atoms with Crippen LogP contribution in [0.5, 0.6) is 0 Å². The van der Waals surface area contributed by atoms with Gasteiger partial charge in [0.15, 0.2) is 17.5 Å². The Morgan fingerprint density at radius 1 is 1.00 bits per heavy atom. The Hall–Kier alpha value is -2.55. The Kier molecular flexibility index (Phi) is 6.62. The molecule has 2 aromatic rings. The lowest BCUT2D eigenvalue weighted by Crippen LogP contribution is -2.37. The summed E-state index contributed by atoms with van der Waals surface area (Å²) >= 11 is 1.16. The van der Waals surface area contributed by atoms with Crippen LogP contribution in [0.4, 0.5) is 23.2 Å². The predicted molar refractivity (Wildman–Crippen MR) is 89.7 cm³/mol. The summed E-state index contributed by atoms with van der Waals surface area (Å²) < 4.78 is 52.2. The second-order valence-corrected chi connectivity index (χ2v) is 6.62. The number of anilines is 1. The highest BCUT2D eigenvalue weighted by Crippen LogP contribution is 2.23. The summed E-state index contributed by atoms with van der Waals surface area (Å²) in [7, 11) is 0. The fourth-order valence-electron chi connectivity index (χ4n) is 1.90. The van der Waals surface area contributed by atoms with Gasteiger partial charge >= 0.3 is 0 Å². The molecule has 0 spiro atoms. The number of thioether (sulfide) groups is 1. The molecule has 0 saturated heterocycles. The van der Waals surface area contributed by atoms with Gasteiger partial charge in [0, 0.05) is 4.90 Å². The van der Waals surface area contributed by atoms with E-state index in [1.165, 1.54) is 24.3 Å². The molecule has 0 aliphatic carbocycles. The summed E-state index contributed by atoms with van der Waals surface area (Å²) in [5, 5.41) is 3.81. The molecule has 9 heteroatoms. The van der Waals surface area contributed by atoms with E-state index >= 15 is 0 Å². The quantitative estimate of drug-likeness (QED) is 0.454. The second kappa shape index (κ2) is 8.70. The van der Waals surface area contributed by atoms with Crippen LogP contribution in [0, 0.1) is 23.3 Å². The highest BCUT2D eigenvalue weighted by Gasteiger charge is 2.18. The predicted octanol–water partition coefficient (Wildman–Crippen LogP) is 3.48. The normalized spacial score (nSPS) is 11.7. The lowest BCUT2D eigenvalue weighted by Gasteiger charge is -2.12. The molecule has 0 fully saturated rings. The molecule has 138 valence electrons. The molecule has 2 rings (SSSR count). The van der Waals surface area contributed by atoms with Crippen LogP contribution >= 0.6 is 11.8 Å². The molecule has 1 unspecified atom stereocenters. The van der Waals surface area contributed by atoms with E-state index < -0.39 is 52.6 Å². The SMILES string of the molecule is CC(Sc1ccc(F)cc1)C(=O)NCC(=O)Nc1ccc(F)c(F)c1F. The minimum Gasteiger partial charge on any atom is -0.346 e. The zero-order valence-electron chi connectivity index (χ0n) is 13.5. The lowest BCUT2D eigenvalue weighted by atomic mass is 10.2. The van der Waals surface area contributed by atoms with Crippen LogP contribution in [0.1, 0.15) is 6.92 Å². The van der Waals surface area contributed by atoms with Crippen molar-refractivity contribution in [3.8, 4) is 0 Å². The van der Waals surface area contributed by atoms with Crippen LogP contribution in [0.3, 0.4) is 0 Å². The topological polar surface area (TPSA) is 58.2 Å². The third-order valence-electron chi connectivity index (χ3n) is 3.23. The third-order valence-corrected chi connectivity index (χ3v) is 4.34. The van der Waals surface area contributed by atoms with Crippen molar-refractivity contribution in [1.82, 2.24) is 5.32 Å². The largest absolute Gasteiger partial charge is 0.346 e. The second-order valence-electron chi connectivity index (χ2n) is 5.20. The Balaban J connectivity index is 1.85. The molecule has 0 saturated carbocycles. The van der Waals surface area contributed by atoms with Gasteiger partial charge in [-0.3, -0.25) is 9.59 Å². The van der Waals surface area contributed by atoms with Gasteiger partial charge in [-0.25, -0.2) is 17.6 Å². The maximum absolute atomic E-state index is 13.5. The highest BCUT2D eigenvalue weighted by atomic mass is 32.2. The van der Waals surface area contributed by atoms with Gasteiger partial charge in [-0.15, -0.1) is 11.8 Å². The smallest absolute Gasteiger partial charge is 0.243 e. The number of benzene rings is 2. The fraction of sp³-hybridized carbons (Fsp3) is 0.176. The van der Waals surface area contributed by atoms with Gasteiger partial charge in [0.25, 0.3) is 0 Å². The first-order valence-electron chi connectivity index (χ1n) is 7.41. The van der Waals surface area contributed by atoms with Gasteiger partial charge in [-0.2, -0.15) is 0 Å². The number of rotatable bonds is 6. The standard InChI is InChI=1S/C17H14F4N2O2S/c1-9(26-11-4-2-10(18)3-5-11)17(25)22-8-14(24)23-13-7-6-12(19)15(20)16(13)21/h2-7,9H,8H2,1H3,(H,22,25)(H,23,24). The average Bonchev–Trinajstić information content (AvgIpc) is 2.62. The first-order chi connectivity index (χ1) is 12.3. The van der Waals surface area contributed by atoms with E-state index in [0.717, 1.165) is 17.8 Å². The molecule has 4 nitrogen and oxygen atoms in total. The zero-order valence-corrected chi connectivity index (χ0v) is 14.3. The van der Waals surface area contributed by atoms with E-state index in [0.29, 0.717) is 11.0 Å². The maximum atomic E-state index is 13.5. The zero-order chi connectivity index (χ0) is 19.3. The van der Waals surface area contributed by atoms with E-state index in [1.807, 2.05) is 5.32 Å². The monoisotopic (exact) mass is 386 g/mol. The van der Waals surface area contributed by atoms with E-state index in [2.05, 4.69) is 5.32 Å². The number of carbonyl (C=O) groups excluding carboxylic acids is 2. The Labute approximate surface area is 151 Å². The van der Waals surface area contributed by atoms with Crippen molar-refractivity contribution in [3.63, 3.8) is 0 Å². The Morgan fingerprint density at radius 3 is 2.31 bits per heavy atom. The van der Waals surface area contributed by atoms with Crippen molar-refractivity contribution < 1.29 is 27.2 Å². The molecule has 1 atom stereocenters. The first-order valence-corrected chi connectivity index (χ1v) is 8.29. The minimum atomic E-state index is -1.70. The van der Waals surface area contributed by atoms with Gasteiger partial charge in [0.1, 0.15) is 5.82 Å². The van der Waals surface area contributed by atoms with Crippen molar-refractivity contribution >= 4 is 29.3 Å². The van der Waals surface area contributed by atoms with Crippen molar-refractivity contribution in [2.24, 2.45) is 0 Å². The number of amides is 2. The molecule has 2 aromatic carbocycles. The molecule has 0 aromatic heterocycles. The van der Waals surface area contributed by atoms with Gasteiger partial charge in [-0.05, 0) is 43.3 Å². The molecule has 2 amide bonds. The number of hydrogen-bond donors (Lipinski definition) is 2. The molecule has 0 radical (unpaired) electrons. The molecule has 0 bridgehead atoms. The molecular weight excluding hydrogens is 372 g/mol. The van der Waals surface area contributed by atoms with E-state index in [1.54, 1.807) is 6.92 Å². The van der Waals surface area contributed by atoms with Gasteiger partial charge in [-0.1, -0.05) is 0 Å². The molecular formula is C17H14F4N2O2S. The van der Waals surface area contributed by atoms with Gasteiger partial charge in [0.05, 0.1) is 17.5 Å². The van der Waals surface area contributed by atoms with Gasteiger partial charge in [0.2, 0.25) is 11.8 Å². The molecule has 2 N–H and O–H groups in total. The van der Waals surface area contributed by atoms with Crippen molar-refractivity contribution in [3.05, 3.63) is 59.7 Å². The van der Waals surface area contributed by atoms with E-state index in [9.17, 15) is 27.2 Å². The highest BCUT2D eigenvalue weighted by molar-refractivity contribution is 8.00. The summed E-state index contributed by atoms with van der Waals surface area (Å²) in [5.74, 6) is -6.27. The van der Waals surface area contributed by atoms with E-state index in [4.69, 9.17) is 0 Å². The summed E-state index contributed by atoms with van der Waals surface area (Å²) in [6.45, 7) is 1.11. The number of nitrogens with one attached hydrogen (secondary N) is 2. The van der Waals surface area contributed by atoms with E-state index in [-0.39, 0.29) is 0 Å². The summed E-state index contributed by atoms with van der Waals surface area (Å²) in [5.41, 5.74) is -0.531. The third kappa shape index (κ3) is 5.22. The number of hydrogen-bond acceptors (Lipinski definition) is 3. The molecule has 0 aliphatic rings. The van der Waals surface area contributed by atoms with Crippen LogP contribution in [0.15, 0.2) is 41.3 Å². The van der Waals surface area contributed by atoms with Crippen LogP contribution < -0.4 is 10.6 Å². The molecule has 0 heterocycles. The van der Waals surface area contributed by atoms with Crippen LogP contribution in [0.25, 0.3) is 0 Å². The minimum absolute atomic E-state index is 0.396. The summed E-state index contributed by atoms with van der Waals surface area (Å²) in [6.07, 6.45) is 0. The number of halogens is 4. The Bertz CT molecular complexity index is 815. The molecule has 26 heavy (non-hydrogen) atoms. The maximum Gasteiger partial charge on any atom is 0.243 e. The van der Waals surface area contributed by atoms with Crippen LogP contribution in [-0.4, -0.2) is 23.6 Å². The average molecular weight is 386 g/mol. The first kappa shape index (κ1) is 19.8. The number of carbonyl (C=O) groups is 2. The van der Waals surface area contributed by atoms with Crippen molar-refractivity contribution in [1.29, 1.82) is 0 Å². The lowest BCUT2D eigenvalue weighted by molar-refractivity contribution is -0.123. The summed E-state index contributed by atoms with van der Waals surface area (Å²) in [4.78, 5) is 24.4. The fourth-order valence-corrected chi connectivity index (χ4v) is 2.79. The van der Waals surface area contributed by atoms with Crippen molar-refractivity contribution in [2.45, 2.75) is 17.1 Å². The summed E-state index contributed by atoms with van der Waals surface area (Å²) in [6, 6.07) is 7.10. The molecule has 0 aliphatic heterocycles. The van der Waals surface area contributed by atoms with Crippen LogP contribution in [-0.2, 0) is 9.59 Å².